The third kappa shape index (κ3) is 5.60. The number of urea groups is 1. The average molecular weight is 430 g/mol. The molecule has 7 heteroatoms. The molecule has 1 saturated heterocycles. The van der Waals surface area contributed by atoms with Gasteiger partial charge >= 0.3 is 6.03 Å². The highest BCUT2D eigenvalue weighted by Crippen LogP contribution is 2.31. The molecule has 3 amide bonds. The largest absolute Gasteiger partial charge is 0.324 e. The SMILES string of the molecule is Cc1ccc(N2CCCN(Cc3c(F)cccc3F)C2=O)c(NC(=O)CC(C)(C)C)c1. The van der Waals surface area contributed by atoms with Crippen molar-refractivity contribution >= 4 is 23.3 Å². The summed E-state index contributed by atoms with van der Waals surface area (Å²) in [5, 5.41) is 2.94. The van der Waals surface area contributed by atoms with E-state index in [0.29, 0.717) is 37.3 Å². The lowest BCUT2D eigenvalue weighted by molar-refractivity contribution is -0.117. The highest BCUT2D eigenvalue weighted by Gasteiger charge is 2.30. The fourth-order valence-corrected chi connectivity index (χ4v) is 3.69. The van der Waals surface area contributed by atoms with Crippen molar-refractivity contribution < 1.29 is 18.4 Å². The summed E-state index contributed by atoms with van der Waals surface area (Å²) < 4.78 is 28.2. The molecule has 2 aromatic rings. The maximum Gasteiger partial charge on any atom is 0.324 e. The zero-order valence-corrected chi connectivity index (χ0v) is 18.5. The molecule has 0 aromatic heterocycles. The van der Waals surface area contributed by atoms with Crippen LogP contribution in [0, 0.1) is 24.0 Å². The second kappa shape index (κ2) is 9.04. The monoisotopic (exact) mass is 429 g/mol. The zero-order chi connectivity index (χ0) is 22.8. The molecular formula is C24H29F2N3O2. The summed E-state index contributed by atoms with van der Waals surface area (Å²) in [5.74, 6) is -1.47. The second-order valence-corrected chi connectivity index (χ2v) is 9.22. The minimum absolute atomic E-state index is 0.125. The van der Waals surface area contributed by atoms with Crippen molar-refractivity contribution in [2.45, 2.75) is 47.1 Å². The Kier molecular flexibility index (Phi) is 6.62. The van der Waals surface area contributed by atoms with Gasteiger partial charge in [0.25, 0.3) is 0 Å². The van der Waals surface area contributed by atoms with Crippen molar-refractivity contribution in [2.75, 3.05) is 23.3 Å². The van der Waals surface area contributed by atoms with Crippen LogP contribution in [0.4, 0.5) is 25.0 Å². The first-order valence-electron chi connectivity index (χ1n) is 10.4. The van der Waals surface area contributed by atoms with Crippen LogP contribution >= 0.6 is 0 Å². The molecule has 1 N–H and O–H groups in total. The Balaban J connectivity index is 1.85. The van der Waals surface area contributed by atoms with Gasteiger partial charge in [-0.15, -0.1) is 0 Å². The van der Waals surface area contributed by atoms with E-state index in [1.54, 1.807) is 11.0 Å². The van der Waals surface area contributed by atoms with Crippen LogP contribution in [0.3, 0.4) is 0 Å². The first kappa shape index (κ1) is 22.7. The first-order valence-corrected chi connectivity index (χ1v) is 10.4. The number of rotatable bonds is 5. The zero-order valence-electron chi connectivity index (χ0n) is 18.5. The lowest BCUT2D eigenvalue weighted by Gasteiger charge is -2.36. The predicted octanol–water partition coefficient (Wildman–Crippen LogP) is 5.48. The van der Waals surface area contributed by atoms with E-state index < -0.39 is 11.6 Å². The number of carbonyl (C=O) groups is 2. The molecule has 31 heavy (non-hydrogen) atoms. The average Bonchev–Trinajstić information content (AvgIpc) is 2.65. The Morgan fingerprint density at radius 1 is 1.10 bits per heavy atom. The molecule has 2 aromatic carbocycles. The third-order valence-corrected chi connectivity index (χ3v) is 5.13. The van der Waals surface area contributed by atoms with Crippen LogP contribution in [0.25, 0.3) is 0 Å². The van der Waals surface area contributed by atoms with Crippen molar-refractivity contribution in [2.24, 2.45) is 5.41 Å². The van der Waals surface area contributed by atoms with E-state index in [0.717, 1.165) is 5.56 Å². The summed E-state index contributed by atoms with van der Waals surface area (Å²) in [7, 11) is 0. The van der Waals surface area contributed by atoms with E-state index in [1.165, 1.54) is 23.1 Å². The quantitative estimate of drug-likeness (QED) is 0.684. The van der Waals surface area contributed by atoms with Crippen molar-refractivity contribution in [3.05, 3.63) is 59.2 Å². The van der Waals surface area contributed by atoms with Crippen molar-refractivity contribution in [1.82, 2.24) is 4.90 Å². The van der Waals surface area contributed by atoms with Gasteiger partial charge in [0.15, 0.2) is 0 Å². The smallest absolute Gasteiger partial charge is 0.324 e. The lowest BCUT2D eigenvalue weighted by atomic mass is 9.92. The topological polar surface area (TPSA) is 52.6 Å². The van der Waals surface area contributed by atoms with Crippen molar-refractivity contribution in [3.63, 3.8) is 0 Å². The molecule has 1 heterocycles. The first-order chi connectivity index (χ1) is 14.5. The Hall–Kier alpha value is -2.96. The molecular weight excluding hydrogens is 400 g/mol. The van der Waals surface area contributed by atoms with E-state index in [9.17, 15) is 18.4 Å². The molecule has 0 saturated carbocycles. The summed E-state index contributed by atoms with van der Waals surface area (Å²) in [5.41, 5.74) is 1.79. The molecule has 166 valence electrons. The lowest BCUT2D eigenvalue weighted by Crippen LogP contribution is -2.49. The molecule has 1 aliphatic rings. The molecule has 5 nitrogen and oxygen atoms in total. The number of halogens is 2. The third-order valence-electron chi connectivity index (χ3n) is 5.13. The van der Waals surface area contributed by atoms with Gasteiger partial charge in [0.1, 0.15) is 11.6 Å². The van der Waals surface area contributed by atoms with Crippen molar-refractivity contribution in [1.29, 1.82) is 0 Å². The van der Waals surface area contributed by atoms with E-state index in [4.69, 9.17) is 0 Å². The van der Waals surface area contributed by atoms with Crippen LogP contribution in [0.5, 0.6) is 0 Å². The predicted molar refractivity (Wildman–Crippen MR) is 118 cm³/mol. The van der Waals surface area contributed by atoms with E-state index in [2.05, 4.69) is 5.32 Å². The van der Waals surface area contributed by atoms with Crippen LogP contribution < -0.4 is 10.2 Å². The summed E-state index contributed by atoms with van der Waals surface area (Å²) in [4.78, 5) is 28.7. The van der Waals surface area contributed by atoms with Gasteiger partial charge in [0.2, 0.25) is 5.91 Å². The molecule has 1 fully saturated rings. The normalized spacial score (nSPS) is 14.7. The highest BCUT2D eigenvalue weighted by molar-refractivity contribution is 6.01. The van der Waals surface area contributed by atoms with E-state index in [-0.39, 0.29) is 29.5 Å². The maximum atomic E-state index is 14.1. The fourth-order valence-electron chi connectivity index (χ4n) is 3.69. The summed E-state index contributed by atoms with van der Waals surface area (Å²) in [6.07, 6.45) is 0.984. The number of amides is 3. The Bertz CT molecular complexity index is 965. The van der Waals surface area contributed by atoms with Gasteiger partial charge in [-0.05, 0) is 48.6 Å². The number of anilines is 2. The molecule has 0 bridgehead atoms. The Morgan fingerprint density at radius 3 is 2.42 bits per heavy atom. The van der Waals surface area contributed by atoms with Crippen LogP contribution in [-0.2, 0) is 11.3 Å². The Labute approximate surface area is 182 Å². The number of nitrogens with zero attached hydrogens (tertiary/aromatic N) is 2. The molecule has 1 aliphatic heterocycles. The minimum atomic E-state index is -0.671. The number of aryl methyl sites for hydroxylation is 1. The number of nitrogens with one attached hydrogen (secondary N) is 1. The van der Waals surface area contributed by atoms with Crippen molar-refractivity contribution in [3.8, 4) is 0 Å². The van der Waals surface area contributed by atoms with Gasteiger partial charge in [-0.1, -0.05) is 32.9 Å². The van der Waals surface area contributed by atoms with Gasteiger partial charge < -0.3 is 10.2 Å². The van der Waals surface area contributed by atoms with Gasteiger partial charge in [0.05, 0.1) is 17.9 Å². The summed E-state index contributed by atoms with van der Waals surface area (Å²) in [6.45, 7) is 8.58. The van der Waals surface area contributed by atoms with E-state index >= 15 is 0 Å². The van der Waals surface area contributed by atoms with Crippen LogP contribution in [0.2, 0.25) is 0 Å². The fraction of sp³-hybridized carbons (Fsp3) is 0.417. The van der Waals surface area contributed by atoms with Crippen LogP contribution in [-0.4, -0.2) is 29.9 Å². The van der Waals surface area contributed by atoms with Gasteiger partial charge in [0, 0.05) is 25.1 Å². The molecule has 0 radical (unpaired) electrons. The number of hydrogen-bond donors (Lipinski definition) is 1. The van der Waals surface area contributed by atoms with Gasteiger partial charge in [-0.3, -0.25) is 9.69 Å². The van der Waals surface area contributed by atoms with Gasteiger partial charge in [-0.25, -0.2) is 13.6 Å². The maximum absolute atomic E-state index is 14.1. The minimum Gasteiger partial charge on any atom is -0.324 e. The number of hydrogen-bond acceptors (Lipinski definition) is 2. The van der Waals surface area contributed by atoms with Gasteiger partial charge in [-0.2, -0.15) is 0 Å². The highest BCUT2D eigenvalue weighted by atomic mass is 19.1. The molecule has 0 spiro atoms. The number of benzene rings is 2. The van der Waals surface area contributed by atoms with Crippen LogP contribution in [0.15, 0.2) is 36.4 Å². The summed E-state index contributed by atoms with van der Waals surface area (Å²) >= 11 is 0. The van der Waals surface area contributed by atoms with E-state index in [1.807, 2.05) is 39.8 Å². The Morgan fingerprint density at radius 2 is 1.77 bits per heavy atom. The van der Waals surface area contributed by atoms with Crippen LogP contribution in [0.1, 0.15) is 44.7 Å². The molecule has 0 unspecified atom stereocenters. The molecule has 0 aliphatic carbocycles. The molecule has 0 atom stereocenters. The molecule has 3 rings (SSSR count). The number of carbonyl (C=O) groups excluding carboxylic acids is 2. The second-order valence-electron chi connectivity index (χ2n) is 9.22. The summed E-state index contributed by atoms with van der Waals surface area (Å²) in [6, 6.07) is 8.84. The standard InChI is InChI=1S/C24H29F2N3O2/c1-16-9-10-21(20(13-16)27-22(30)14-24(2,3)4)29-12-6-11-28(23(29)31)15-17-18(25)7-5-8-19(17)26/h5,7-10,13H,6,11-12,14-15H2,1-4H3,(H,27,30).